The van der Waals surface area contributed by atoms with Gasteiger partial charge in [0.2, 0.25) is 0 Å². The summed E-state index contributed by atoms with van der Waals surface area (Å²) in [6, 6.07) is 18.6. The van der Waals surface area contributed by atoms with Crippen molar-refractivity contribution >= 4 is 45.4 Å². The molecule has 6 nitrogen and oxygen atoms in total. The minimum absolute atomic E-state index is 0.0425. The number of carbonyl (C=O) groups excluding carboxylic acids is 1. The fourth-order valence-electron chi connectivity index (χ4n) is 2.25. The number of hydrogen-bond donors (Lipinski definition) is 1. The number of ether oxygens (including phenoxy) is 1. The molecule has 0 amide bonds. The van der Waals surface area contributed by atoms with Crippen molar-refractivity contribution in [3.8, 4) is 5.75 Å². The summed E-state index contributed by atoms with van der Waals surface area (Å²) in [5.74, 6) is -0.262. The van der Waals surface area contributed by atoms with Crippen LogP contribution in [0.1, 0.15) is 15.9 Å². The molecule has 1 N–H and O–H groups in total. The molecule has 29 heavy (non-hydrogen) atoms. The van der Waals surface area contributed by atoms with Crippen LogP contribution in [0.25, 0.3) is 0 Å². The molecule has 0 saturated heterocycles. The number of hydrogen-bond acceptors (Lipinski definition) is 5. The van der Waals surface area contributed by atoms with Gasteiger partial charge in [0.05, 0.1) is 21.7 Å². The third-order valence-electron chi connectivity index (χ3n) is 3.69. The Morgan fingerprint density at radius 3 is 2.24 bits per heavy atom. The zero-order chi connectivity index (χ0) is 20.9. The van der Waals surface area contributed by atoms with Crippen molar-refractivity contribution in [1.29, 1.82) is 0 Å². The van der Waals surface area contributed by atoms with Crippen molar-refractivity contribution in [3.63, 3.8) is 0 Å². The normalized spacial score (nSPS) is 11.4. The first-order valence-electron chi connectivity index (χ1n) is 8.22. The SMILES string of the molecule is O=C(Oc1ccc(C=NNS(=O)(=O)c2ccc(Cl)cc2)cc1)c1ccccc1Cl. The van der Waals surface area contributed by atoms with E-state index in [-0.39, 0.29) is 10.5 Å². The summed E-state index contributed by atoms with van der Waals surface area (Å²) < 4.78 is 29.5. The van der Waals surface area contributed by atoms with Crippen LogP contribution in [0.5, 0.6) is 5.75 Å². The van der Waals surface area contributed by atoms with Crippen molar-refractivity contribution in [3.05, 3.63) is 94.0 Å². The first-order chi connectivity index (χ1) is 13.8. The molecule has 0 heterocycles. The van der Waals surface area contributed by atoms with Crippen LogP contribution in [0.2, 0.25) is 10.0 Å². The molecule has 0 aliphatic rings. The van der Waals surface area contributed by atoms with E-state index in [0.717, 1.165) is 0 Å². The van der Waals surface area contributed by atoms with Gasteiger partial charge >= 0.3 is 5.97 Å². The van der Waals surface area contributed by atoms with Crippen LogP contribution in [0.4, 0.5) is 0 Å². The van der Waals surface area contributed by atoms with Crippen LogP contribution in [0.3, 0.4) is 0 Å². The number of sulfonamides is 1. The number of nitrogens with one attached hydrogen (secondary N) is 1. The quantitative estimate of drug-likeness (QED) is 0.260. The second kappa shape index (κ2) is 9.09. The van der Waals surface area contributed by atoms with E-state index in [2.05, 4.69) is 9.93 Å². The van der Waals surface area contributed by atoms with Crippen LogP contribution >= 0.6 is 23.2 Å². The van der Waals surface area contributed by atoms with Crippen LogP contribution in [-0.4, -0.2) is 20.6 Å². The second-order valence-electron chi connectivity index (χ2n) is 5.75. The molecule has 0 aliphatic carbocycles. The summed E-state index contributed by atoms with van der Waals surface area (Å²) in [4.78, 5) is 14.3. The number of halogens is 2. The third kappa shape index (κ3) is 5.57. The maximum Gasteiger partial charge on any atom is 0.345 e. The number of nitrogens with zero attached hydrogens (tertiary/aromatic N) is 1. The first kappa shape index (κ1) is 20.9. The third-order valence-corrected chi connectivity index (χ3v) is 5.51. The molecule has 3 aromatic rings. The molecule has 9 heteroatoms. The Bertz CT molecular complexity index is 1150. The minimum atomic E-state index is -3.79. The average molecular weight is 449 g/mol. The molecule has 0 unspecified atom stereocenters. The first-order valence-corrected chi connectivity index (χ1v) is 10.5. The highest BCUT2D eigenvalue weighted by Crippen LogP contribution is 2.19. The van der Waals surface area contributed by atoms with Crippen molar-refractivity contribution in [2.45, 2.75) is 4.90 Å². The summed E-state index contributed by atoms with van der Waals surface area (Å²) in [6.45, 7) is 0. The van der Waals surface area contributed by atoms with E-state index < -0.39 is 16.0 Å². The topological polar surface area (TPSA) is 84.8 Å². The van der Waals surface area contributed by atoms with Gasteiger partial charge in [-0.2, -0.15) is 13.5 Å². The van der Waals surface area contributed by atoms with Gasteiger partial charge in [0, 0.05) is 5.02 Å². The molecule has 0 saturated carbocycles. The summed E-state index contributed by atoms with van der Waals surface area (Å²) in [7, 11) is -3.79. The lowest BCUT2D eigenvalue weighted by molar-refractivity contribution is 0.0735. The molecule has 0 bridgehead atoms. The number of hydrazone groups is 1. The van der Waals surface area contributed by atoms with E-state index in [1.807, 2.05) is 0 Å². The predicted molar refractivity (Wildman–Crippen MR) is 112 cm³/mol. The van der Waals surface area contributed by atoms with Gasteiger partial charge in [0.15, 0.2) is 0 Å². The largest absolute Gasteiger partial charge is 0.423 e. The van der Waals surface area contributed by atoms with E-state index in [1.165, 1.54) is 30.5 Å². The maximum absolute atomic E-state index is 12.1. The van der Waals surface area contributed by atoms with Gasteiger partial charge in [-0.05, 0) is 66.2 Å². The number of esters is 1. The lowest BCUT2D eigenvalue weighted by Crippen LogP contribution is -2.18. The molecule has 0 spiro atoms. The molecule has 0 atom stereocenters. The molecule has 0 radical (unpaired) electrons. The Kier molecular flexibility index (Phi) is 6.53. The van der Waals surface area contributed by atoms with E-state index in [9.17, 15) is 13.2 Å². The fourth-order valence-corrected chi connectivity index (χ4v) is 3.38. The lowest BCUT2D eigenvalue weighted by Gasteiger charge is -2.06. The standard InChI is InChI=1S/C20H14Cl2N2O4S/c21-15-7-11-17(12-8-15)29(26,27)24-23-13-14-5-9-16(10-6-14)28-20(25)18-3-1-2-4-19(18)22/h1-13,24H. The van der Waals surface area contributed by atoms with Gasteiger partial charge in [-0.25, -0.2) is 9.63 Å². The smallest absolute Gasteiger partial charge is 0.345 e. The van der Waals surface area contributed by atoms with Gasteiger partial charge in [-0.3, -0.25) is 0 Å². The Labute approximate surface area is 177 Å². The summed E-state index contributed by atoms with van der Waals surface area (Å²) >= 11 is 11.7. The molecular weight excluding hydrogens is 435 g/mol. The van der Waals surface area contributed by atoms with Crippen LogP contribution in [0.15, 0.2) is 82.8 Å². The summed E-state index contributed by atoms with van der Waals surface area (Å²) in [5.41, 5.74) is 0.859. The van der Waals surface area contributed by atoms with Crippen LogP contribution < -0.4 is 9.57 Å². The molecule has 0 aromatic heterocycles. The maximum atomic E-state index is 12.1. The minimum Gasteiger partial charge on any atom is -0.423 e. The summed E-state index contributed by atoms with van der Waals surface area (Å²) in [6.07, 6.45) is 1.33. The Hall–Kier alpha value is -2.87. The van der Waals surface area contributed by atoms with Gasteiger partial charge in [0.1, 0.15) is 5.75 Å². The monoisotopic (exact) mass is 448 g/mol. The number of carbonyl (C=O) groups is 1. The van der Waals surface area contributed by atoms with Crippen molar-refractivity contribution < 1.29 is 17.9 Å². The molecular formula is C20H14Cl2N2O4S. The Morgan fingerprint density at radius 2 is 1.59 bits per heavy atom. The molecule has 0 fully saturated rings. The average Bonchev–Trinajstić information content (AvgIpc) is 2.70. The second-order valence-corrected chi connectivity index (χ2v) is 8.25. The Morgan fingerprint density at radius 1 is 0.931 bits per heavy atom. The van der Waals surface area contributed by atoms with E-state index in [0.29, 0.717) is 21.4 Å². The van der Waals surface area contributed by atoms with Crippen molar-refractivity contribution in [2.75, 3.05) is 0 Å². The van der Waals surface area contributed by atoms with Gasteiger partial charge in [-0.15, -0.1) is 0 Å². The molecule has 3 aromatic carbocycles. The fraction of sp³-hybridized carbons (Fsp3) is 0. The van der Waals surface area contributed by atoms with Gasteiger partial charge in [0.25, 0.3) is 10.0 Å². The number of benzene rings is 3. The van der Waals surface area contributed by atoms with Gasteiger partial charge < -0.3 is 4.74 Å². The summed E-state index contributed by atoms with van der Waals surface area (Å²) in [5, 5.41) is 4.47. The van der Waals surface area contributed by atoms with Gasteiger partial charge in [-0.1, -0.05) is 35.3 Å². The molecule has 0 aliphatic heterocycles. The predicted octanol–water partition coefficient (Wildman–Crippen LogP) is 4.53. The number of rotatable bonds is 6. The zero-order valence-corrected chi connectivity index (χ0v) is 17.1. The highest BCUT2D eigenvalue weighted by molar-refractivity contribution is 7.89. The van der Waals surface area contributed by atoms with E-state index in [1.54, 1.807) is 48.5 Å². The van der Waals surface area contributed by atoms with Crippen molar-refractivity contribution in [1.82, 2.24) is 4.83 Å². The van der Waals surface area contributed by atoms with E-state index >= 15 is 0 Å². The zero-order valence-electron chi connectivity index (χ0n) is 14.7. The molecule has 148 valence electrons. The molecule has 3 rings (SSSR count). The highest BCUT2D eigenvalue weighted by Gasteiger charge is 2.13. The van der Waals surface area contributed by atoms with Crippen molar-refractivity contribution in [2.24, 2.45) is 5.10 Å². The highest BCUT2D eigenvalue weighted by atomic mass is 35.5. The van der Waals surface area contributed by atoms with Crippen LogP contribution in [-0.2, 0) is 10.0 Å². The Balaban J connectivity index is 1.62. The van der Waals surface area contributed by atoms with Crippen LogP contribution in [0, 0.1) is 0 Å². The lowest BCUT2D eigenvalue weighted by atomic mass is 10.2. The van der Waals surface area contributed by atoms with E-state index in [4.69, 9.17) is 27.9 Å².